The van der Waals surface area contributed by atoms with Crippen molar-refractivity contribution in [2.24, 2.45) is 5.73 Å². The quantitative estimate of drug-likeness (QED) is 0.910. The lowest BCUT2D eigenvalue weighted by Crippen LogP contribution is -2.17. The molecule has 0 fully saturated rings. The summed E-state index contributed by atoms with van der Waals surface area (Å²) < 4.78 is 11.0. The van der Waals surface area contributed by atoms with Crippen molar-refractivity contribution in [2.45, 2.75) is 6.10 Å². The van der Waals surface area contributed by atoms with Crippen LogP contribution < -0.4 is 15.2 Å². The van der Waals surface area contributed by atoms with Gasteiger partial charge in [0.2, 0.25) is 0 Å². The third kappa shape index (κ3) is 3.25. The molecule has 19 heavy (non-hydrogen) atoms. The van der Waals surface area contributed by atoms with Gasteiger partial charge in [0.25, 0.3) is 0 Å². The second-order valence-corrected chi connectivity index (χ2v) is 4.85. The fourth-order valence-electron chi connectivity index (χ4n) is 1.68. The summed E-state index contributed by atoms with van der Waals surface area (Å²) in [4.78, 5) is 1.06. The number of hydrogen-bond acceptors (Lipinski definition) is 5. The molecule has 2 N–H and O–H groups in total. The Bertz CT molecular complexity index is 576. The molecule has 0 spiro atoms. The molecule has 1 atom stereocenters. The molecule has 1 aromatic heterocycles. The van der Waals surface area contributed by atoms with Gasteiger partial charge in [0.1, 0.15) is 17.6 Å². The Morgan fingerprint density at radius 2 is 2.16 bits per heavy atom. The number of benzene rings is 1. The number of ether oxygens (including phenoxy) is 2. The number of nitriles is 1. The van der Waals surface area contributed by atoms with Crippen molar-refractivity contribution in [3.8, 4) is 17.6 Å². The minimum atomic E-state index is -0.210. The largest absolute Gasteiger partial charge is 0.497 e. The van der Waals surface area contributed by atoms with E-state index in [-0.39, 0.29) is 6.10 Å². The number of nitrogens with two attached hydrogens (primary N) is 1. The van der Waals surface area contributed by atoms with Crippen molar-refractivity contribution in [1.82, 2.24) is 0 Å². The molecule has 0 aliphatic heterocycles. The van der Waals surface area contributed by atoms with Crippen molar-refractivity contribution in [1.29, 1.82) is 5.26 Å². The summed E-state index contributed by atoms with van der Waals surface area (Å²) in [5, 5.41) is 11.0. The lowest BCUT2D eigenvalue weighted by molar-refractivity contribution is 0.217. The van der Waals surface area contributed by atoms with Crippen molar-refractivity contribution in [2.75, 3.05) is 13.7 Å². The van der Waals surface area contributed by atoms with Crippen molar-refractivity contribution >= 4 is 11.3 Å². The highest BCUT2D eigenvalue weighted by Gasteiger charge is 2.13. The maximum absolute atomic E-state index is 8.97. The Labute approximate surface area is 116 Å². The predicted octanol–water partition coefficient (Wildman–Crippen LogP) is 2.71. The van der Waals surface area contributed by atoms with E-state index in [1.54, 1.807) is 36.6 Å². The first-order valence-electron chi connectivity index (χ1n) is 5.76. The third-order valence-corrected chi connectivity index (χ3v) is 3.56. The van der Waals surface area contributed by atoms with Crippen LogP contribution >= 0.6 is 11.3 Å². The van der Waals surface area contributed by atoms with Crippen LogP contribution in [-0.4, -0.2) is 13.7 Å². The van der Waals surface area contributed by atoms with Crippen LogP contribution in [0, 0.1) is 11.3 Å². The highest BCUT2D eigenvalue weighted by atomic mass is 32.1. The van der Waals surface area contributed by atoms with E-state index < -0.39 is 0 Å². The van der Waals surface area contributed by atoms with Gasteiger partial charge in [-0.05, 0) is 23.6 Å². The Balaban J connectivity index is 2.24. The van der Waals surface area contributed by atoms with E-state index in [0.29, 0.717) is 23.6 Å². The van der Waals surface area contributed by atoms with Gasteiger partial charge in [-0.3, -0.25) is 0 Å². The van der Waals surface area contributed by atoms with E-state index in [1.807, 2.05) is 17.5 Å². The molecule has 1 aromatic carbocycles. The Hall–Kier alpha value is -2.03. The summed E-state index contributed by atoms with van der Waals surface area (Å²) >= 11 is 1.59. The molecule has 0 aliphatic carbocycles. The Morgan fingerprint density at radius 1 is 1.37 bits per heavy atom. The van der Waals surface area contributed by atoms with Gasteiger partial charge >= 0.3 is 0 Å². The van der Waals surface area contributed by atoms with Crippen LogP contribution in [0.5, 0.6) is 11.5 Å². The van der Waals surface area contributed by atoms with Crippen LogP contribution in [0.2, 0.25) is 0 Å². The fraction of sp³-hybridized carbons (Fsp3) is 0.214. The molecule has 2 aromatic rings. The summed E-state index contributed by atoms with van der Waals surface area (Å²) in [7, 11) is 1.56. The summed E-state index contributed by atoms with van der Waals surface area (Å²) in [6.07, 6.45) is -0.210. The van der Waals surface area contributed by atoms with Gasteiger partial charge in [0.15, 0.2) is 0 Å². The highest BCUT2D eigenvalue weighted by molar-refractivity contribution is 7.10. The second-order valence-electron chi connectivity index (χ2n) is 3.87. The molecule has 1 heterocycles. The molecule has 0 radical (unpaired) electrons. The molecule has 5 heteroatoms. The van der Waals surface area contributed by atoms with Gasteiger partial charge in [-0.15, -0.1) is 11.3 Å². The number of thiophene rings is 1. The lowest BCUT2D eigenvalue weighted by atomic mass is 10.2. The van der Waals surface area contributed by atoms with Crippen LogP contribution in [0.15, 0.2) is 35.7 Å². The van der Waals surface area contributed by atoms with E-state index in [1.165, 1.54) is 0 Å². The molecule has 1 unspecified atom stereocenters. The van der Waals surface area contributed by atoms with Gasteiger partial charge in [-0.2, -0.15) is 5.26 Å². The van der Waals surface area contributed by atoms with Gasteiger partial charge in [-0.1, -0.05) is 6.07 Å². The zero-order valence-electron chi connectivity index (χ0n) is 10.5. The summed E-state index contributed by atoms with van der Waals surface area (Å²) in [6.45, 7) is 0.375. The maximum Gasteiger partial charge on any atom is 0.145 e. The SMILES string of the molecule is COc1cc(C#N)cc(OC(CN)c2cccs2)c1. The van der Waals surface area contributed by atoms with Crippen LogP contribution in [0.3, 0.4) is 0 Å². The van der Waals surface area contributed by atoms with Gasteiger partial charge in [0.05, 0.1) is 18.7 Å². The average Bonchev–Trinajstić information content (AvgIpc) is 2.98. The normalized spacial score (nSPS) is 11.6. The second kappa shape index (κ2) is 6.23. The van der Waals surface area contributed by atoms with Crippen molar-refractivity contribution in [3.63, 3.8) is 0 Å². The molecule has 0 saturated carbocycles. The van der Waals surface area contributed by atoms with E-state index >= 15 is 0 Å². The van der Waals surface area contributed by atoms with Crippen LogP contribution in [0.1, 0.15) is 16.5 Å². The molecule has 98 valence electrons. The smallest absolute Gasteiger partial charge is 0.145 e. The van der Waals surface area contributed by atoms with Gasteiger partial charge < -0.3 is 15.2 Å². The van der Waals surface area contributed by atoms with Gasteiger partial charge in [-0.25, -0.2) is 0 Å². The molecule has 2 rings (SSSR count). The summed E-state index contributed by atoms with van der Waals surface area (Å²) in [6, 6.07) is 11.1. The number of methoxy groups -OCH3 is 1. The minimum Gasteiger partial charge on any atom is -0.497 e. The number of nitrogens with zero attached hydrogens (tertiary/aromatic N) is 1. The van der Waals surface area contributed by atoms with E-state index in [0.717, 1.165) is 4.88 Å². The van der Waals surface area contributed by atoms with Crippen molar-refractivity contribution < 1.29 is 9.47 Å². The maximum atomic E-state index is 8.97. The van der Waals surface area contributed by atoms with E-state index in [2.05, 4.69) is 6.07 Å². The van der Waals surface area contributed by atoms with E-state index in [4.69, 9.17) is 20.5 Å². The monoisotopic (exact) mass is 274 g/mol. The molecule has 0 amide bonds. The average molecular weight is 274 g/mol. The molecule has 0 saturated heterocycles. The molecule has 0 aliphatic rings. The standard InChI is InChI=1S/C14H14N2O2S/c1-17-11-5-10(8-15)6-12(7-11)18-13(9-16)14-3-2-4-19-14/h2-7,13H,9,16H2,1H3. The highest BCUT2D eigenvalue weighted by Crippen LogP contribution is 2.28. The topological polar surface area (TPSA) is 68.3 Å². The van der Waals surface area contributed by atoms with Crippen LogP contribution in [0.4, 0.5) is 0 Å². The van der Waals surface area contributed by atoms with Crippen LogP contribution in [-0.2, 0) is 0 Å². The number of hydrogen-bond donors (Lipinski definition) is 1. The molecule has 4 nitrogen and oxygen atoms in total. The van der Waals surface area contributed by atoms with Crippen molar-refractivity contribution in [3.05, 3.63) is 46.2 Å². The Kier molecular flexibility index (Phi) is 4.39. The molecular formula is C14H14N2O2S. The Morgan fingerprint density at radius 3 is 2.74 bits per heavy atom. The zero-order chi connectivity index (χ0) is 13.7. The number of rotatable bonds is 5. The molecule has 0 bridgehead atoms. The zero-order valence-corrected chi connectivity index (χ0v) is 11.3. The third-order valence-electron chi connectivity index (χ3n) is 2.60. The summed E-state index contributed by atoms with van der Waals surface area (Å²) in [5.74, 6) is 1.18. The lowest BCUT2D eigenvalue weighted by Gasteiger charge is -2.16. The molecular weight excluding hydrogens is 260 g/mol. The first-order chi connectivity index (χ1) is 9.26. The first-order valence-corrected chi connectivity index (χ1v) is 6.64. The minimum absolute atomic E-state index is 0.210. The van der Waals surface area contributed by atoms with Gasteiger partial charge in [0, 0.05) is 17.5 Å². The summed E-state index contributed by atoms with van der Waals surface area (Å²) in [5.41, 5.74) is 6.23. The fourth-order valence-corrected chi connectivity index (χ4v) is 2.45. The van der Waals surface area contributed by atoms with E-state index in [9.17, 15) is 0 Å². The first kappa shape index (κ1) is 13.4. The predicted molar refractivity (Wildman–Crippen MR) is 74.5 cm³/mol. The van der Waals surface area contributed by atoms with Crippen LogP contribution in [0.25, 0.3) is 0 Å².